The molecule has 0 atom stereocenters. The van der Waals surface area contributed by atoms with E-state index in [0.29, 0.717) is 6.10 Å². The Hall–Kier alpha value is -0.0400. The number of hydrogen-bond acceptors (Lipinski definition) is 1. The first-order valence-corrected chi connectivity index (χ1v) is 10.4. The van der Waals surface area contributed by atoms with E-state index in [1.54, 1.807) is 0 Å². The summed E-state index contributed by atoms with van der Waals surface area (Å²) in [5.74, 6) is 0. The molecule has 0 saturated carbocycles. The van der Waals surface area contributed by atoms with Gasteiger partial charge in [-0.25, -0.2) is 0 Å². The van der Waals surface area contributed by atoms with Crippen LogP contribution in [0.25, 0.3) is 0 Å². The van der Waals surface area contributed by atoms with Crippen molar-refractivity contribution in [3.05, 3.63) is 0 Å². The number of rotatable bonds is 18. The molecule has 0 radical (unpaired) electrons. The Morgan fingerprint density at radius 3 is 1.14 bits per heavy atom. The van der Waals surface area contributed by atoms with Crippen molar-refractivity contribution in [3.63, 3.8) is 0 Å². The fourth-order valence-electron chi connectivity index (χ4n) is 2.97. The largest absolute Gasteiger partial charge is 0.379 e. The number of hydrogen-bond donors (Lipinski definition) is 0. The van der Waals surface area contributed by atoms with Crippen molar-refractivity contribution in [2.75, 3.05) is 6.61 Å². The second-order valence-electron chi connectivity index (χ2n) is 7.22. The molecular weight excluding hydrogens is 268 g/mol. The summed E-state index contributed by atoms with van der Waals surface area (Å²) >= 11 is 0. The summed E-state index contributed by atoms with van der Waals surface area (Å²) in [6.45, 7) is 7.48. The molecule has 22 heavy (non-hydrogen) atoms. The highest BCUT2D eigenvalue weighted by Crippen LogP contribution is 2.13. The van der Waals surface area contributed by atoms with E-state index in [9.17, 15) is 0 Å². The molecule has 0 aromatic heterocycles. The maximum Gasteiger partial charge on any atom is 0.0518 e. The Balaban J connectivity index is 2.94. The van der Waals surface area contributed by atoms with Gasteiger partial charge in [0.2, 0.25) is 0 Å². The average Bonchev–Trinajstić information content (AvgIpc) is 2.50. The van der Waals surface area contributed by atoms with Crippen LogP contribution in [0, 0.1) is 0 Å². The highest BCUT2D eigenvalue weighted by Gasteiger charge is 1.95. The van der Waals surface area contributed by atoms with Gasteiger partial charge < -0.3 is 4.74 Å². The fraction of sp³-hybridized carbons (Fsp3) is 1.00. The molecule has 0 saturated heterocycles. The molecule has 0 aliphatic heterocycles. The predicted octanol–water partition coefficient (Wildman–Crippen LogP) is 7.67. The zero-order valence-electron chi connectivity index (χ0n) is 16.0. The quantitative estimate of drug-likeness (QED) is 0.236. The standard InChI is InChI=1S/C21H44O/c1-4-5-6-7-8-9-10-11-12-13-14-15-16-17-18-19-20-22-21(2)3/h21H,4-20H2,1-3H3. The summed E-state index contributed by atoms with van der Waals surface area (Å²) in [5.41, 5.74) is 0. The number of ether oxygens (including phenoxy) is 1. The molecular formula is C21H44O. The average molecular weight is 313 g/mol. The van der Waals surface area contributed by atoms with Gasteiger partial charge in [0.25, 0.3) is 0 Å². The van der Waals surface area contributed by atoms with E-state index in [1.165, 1.54) is 103 Å². The third-order valence-corrected chi connectivity index (χ3v) is 4.45. The van der Waals surface area contributed by atoms with Gasteiger partial charge in [0, 0.05) is 6.61 Å². The van der Waals surface area contributed by atoms with Gasteiger partial charge in [0.05, 0.1) is 6.10 Å². The van der Waals surface area contributed by atoms with E-state index in [4.69, 9.17) is 4.74 Å². The van der Waals surface area contributed by atoms with Crippen LogP contribution in [0.5, 0.6) is 0 Å². The van der Waals surface area contributed by atoms with Crippen LogP contribution in [0.1, 0.15) is 124 Å². The summed E-state index contributed by atoms with van der Waals surface area (Å²) < 4.78 is 5.56. The van der Waals surface area contributed by atoms with Crippen molar-refractivity contribution >= 4 is 0 Å². The van der Waals surface area contributed by atoms with Gasteiger partial charge in [0.15, 0.2) is 0 Å². The Bertz CT molecular complexity index is 188. The zero-order chi connectivity index (χ0) is 16.3. The maximum absolute atomic E-state index is 5.56. The molecule has 0 heterocycles. The summed E-state index contributed by atoms with van der Waals surface area (Å²) in [6, 6.07) is 0. The molecule has 0 unspecified atom stereocenters. The van der Waals surface area contributed by atoms with Gasteiger partial charge in [0.1, 0.15) is 0 Å². The minimum Gasteiger partial charge on any atom is -0.379 e. The van der Waals surface area contributed by atoms with E-state index in [1.807, 2.05) is 0 Å². The molecule has 0 spiro atoms. The molecule has 0 bridgehead atoms. The molecule has 0 aromatic rings. The normalized spacial score (nSPS) is 11.5. The second kappa shape index (κ2) is 19.0. The van der Waals surface area contributed by atoms with E-state index in [-0.39, 0.29) is 0 Å². The van der Waals surface area contributed by atoms with Crippen molar-refractivity contribution in [2.24, 2.45) is 0 Å². The first kappa shape index (κ1) is 22.0. The second-order valence-corrected chi connectivity index (χ2v) is 7.22. The molecule has 0 aromatic carbocycles. The minimum absolute atomic E-state index is 0.399. The Morgan fingerprint density at radius 2 is 0.818 bits per heavy atom. The van der Waals surface area contributed by atoms with Crippen molar-refractivity contribution in [1.82, 2.24) is 0 Å². The van der Waals surface area contributed by atoms with Gasteiger partial charge in [-0.1, -0.05) is 103 Å². The van der Waals surface area contributed by atoms with Crippen LogP contribution in [0.3, 0.4) is 0 Å². The lowest BCUT2D eigenvalue weighted by Gasteiger charge is -2.07. The van der Waals surface area contributed by atoms with Gasteiger partial charge >= 0.3 is 0 Å². The lowest BCUT2D eigenvalue weighted by molar-refractivity contribution is 0.0756. The maximum atomic E-state index is 5.56. The summed E-state index contributed by atoms with van der Waals surface area (Å²) in [4.78, 5) is 0. The molecule has 0 fully saturated rings. The van der Waals surface area contributed by atoms with Crippen molar-refractivity contribution < 1.29 is 4.74 Å². The first-order valence-electron chi connectivity index (χ1n) is 10.4. The van der Waals surface area contributed by atoms with Crippen molar-refractivity contribution in [2.45, 2.75) is 130 Å². The number of unbranched alkanes of at least 4 members (excludes halogenated alkanes) is 15. The molecule has 0 aliphatic rings. The van der Waals surface area contributed by atoms with Gasteiger partial charge in [-0.05, 0) is 20.3 Å². The van der Waals surface area contributed by atoms with Crippen molar-refractivity contribution in [3.8, 4) is 0 Å². The predicted molar refractivity (Wildman–Crippen MR) is 101 cm³/mol. The third kappa shape index (κ3) is 20.0. The smallest absolute Gasteiger partial charge is 0.0518 e. The summed E-state index contributed by atoms with van der Waals surface area (Å²) in [5, 5.41) is 0. The van der Waals surface area contributed by atoms with E-state index in [2.05, 4.69) is 20.8 Å². The van der Waals surface area contributed by atoms with Gasteiger partial charge in [-0.3, -0.25) is 0 Å². The molecule has 0 rings (SSSR count). The lowest BCUT2D eigenvalue weighted by Crippen LogP contribution is -2.03. The SMILES string of the molecule is CCCCCCCCCCCCCCCCCCOC(C)C. The van der Waals surface area contributed by atoms with E-state index >= 15 is 0 Å². The summed E-state index contributed by atoms with van der Waals surface area (Å²) in [7, 11) is 0. The summed E-state index contributed by atoms with van der Waals surface area (Å²) in [6.07, 6.45) is 23.3. The monoisotopic (exact) mass is 312 g/mol. The van der Waals surface area contributed by atoms with Crippen molar-refractivity contribution in [1.29, 1.82) is 0 Å². The lowest BCUT2D eigenvalue weighted by atomic mass is 10.0. The fourth-order valence-corrected chi connectivity index (χ4v) is 2.97. The third-order valence-electron chi connectivity index (χ3n) is 4.45. The zero-order valence-corrected chi connectivity index (χ0v) is 16.0. The highest BCUT2D eigenvalue weighted by molar-refractivity contribution is 4.50. The van der Waals surface area contributed by atoms with Crippen LogP contribution in [0.2, 0.25) is 0 Å². The van der Waals surface area contributed by atoms with Crippen LogP contribution >= 0.6 is 0 Å². The van der Waals surface area contributed by atoms with Crippen LogP contribution in [0.15, 0.2) is 0 Å². The molecule has 0 aliphatic carbocycles. The van der Waals surface area contributed by atoms with Crippen LogP contribution in [-0.2, 0) is 4.74 Å². The van der Waals surface area contributed by atoms with Crippen LogP contribution in [-0.4, -0.2) is 12.7 Å². The van der Waals surface area contributed by atoms with E-state index < -0.39 is 0 Å². The van der Waals surface area contributed by atoms with E-state index in [0.717, 1.165) is 6.61 Å². The molecule has 1 heteroatoms. The molecule has 134 valence electrons. The van der Waals surface area contributed by atoms with Gasteiger partial charge in [-0.2, -0.15) is 0 Å². The Kier molecular flexibility index (Phi) is 19.0. The Morgan fingerprint density at radius 1 is 0.500 bits per heavy atom. The molecule has 0 N–H and O–H groups in total. The van der Waals surface area contributed by atoms with Crippen LogP contribution < -0.4 is 0 Å². The minimum atomic E-state index is 0.399. The molecule has 1 nitrogen and oxygen atoms in total. The highest BCUT2D eigenvalue weighted by atomic mass is 16.5. The van der Waals surface area contributed by atoms with Gasteiger partial charge in [-0.15, -0.1) is 0 Å². The molecule has 0 amide bonds. The Labute approximate surface area is 141 Å². The van der Waals surface area contributed by atoms with Crippen LogP contribution in [0.4, 0.5) is 0 Å². The first-order chi connectivity index (χ1) is 10.8. The topological polar surface area (TPSA) is 9.23 Å².